The molecule has 35 valence electrons. The molecule has 0 aliphatic rings. The van der Waals surface area contributed by atoms with Crippen molar-refractivity contribution in [2.24, 2.45) is 0 Å². The lowest BCUT2D eigenvalue weighted by atomic mass is 10.8. The molecule has 0 aliphatic heterocycles. The first-order chi connectivity index (χ1) is 2.91. The molecule has 0 saturated heterocycles. The van der Waals surface area contributed by atoms with Crippen molar-refractivity contribution in [2.75, 3.05) is 13.2 Å². The van der Waals surface area contributed by atoms with E-state index in [9.17, 15) is 0 Å². The van der Waals surface area contributed by atoms with Gasteiger partial charge in [0.1, 0.15) is 0 Å². The molecule has 0 bridgehead atoms. The molecule has 0 rings (SSSR count). The Kier molecular flexibility index (Phi) is 5.09. The summed E-state index contributed by atoms with van der Waals surface area (Å²) in [7, 11) is 0. The molecule has 0 fully saturated rings. The third-order valence-corrected chi connectivity index (χ3v) is 0.483. The van der Waals surface area contributed by atoms with E-state index in [4.69, 9.17) is 4.74 Å². The van der Waals surface area contributed by atoms with E-state index < -0.39 is 0 Å². The van der Waals surface area contributed by atoms with Crippen LogP contribution in [0.5, 0.6) is 0 Å². The molecule has 0 amide bonds. The molecule has 0 aromatic rings. The summed E-state index contributed by atoms with van der Waals surface area (Å²) in [5.74, 6) is 0. The molecule has 6 heavy (non-hydrogen) atoms. The topological polar surface area (TPSA) is 9.23 Å². The number of hydrogen-bond acceptors (Lipinski definition) is 2. The monoisotopic (exact) mass is 103 g/mol. The molecule has 0 spiro atoms. The number of ether oxygens (including phenoxy) is 1. The molecule has 0 aliphatic carbocycles. The van der Waals surface area contributed by atoms with Gasteiger partial charge in [-0.25, -0.2) is 0 Å². The van der Waals surface area contributed by atoms with Crippen LogP contribution in [-0.2, 0) is 4.74 Å². The first-order valence-electron chi connectivity index (χ1n) is 1.84. The van der Waals surface area contributed by atoms with Crippen molar-refractivity contribution in [3.05, 3.63) is 0 Å². The lowest BCUT2D eigenvalue weighted by molar-refractivity contribution is 0.191. The average Bonchev–Trinajstić information content (AvgIpc) is 1.61. The zero-order valence-electron chi connectivity index (χ0n) is 3.73. The average molecular weight is 103 g/mol. The Morgan fingerprint density at radius 1 is 1.83 bits per heavy atom. The Labute approximate surface area is 43.3 Å². The Bertz CT molecular complexity index is 36.5. The molecule has 1 nitrogen and oxygen atoms in total. The molecule has 2 heteroatoms. The maximum Gasteiger partial charge on any atom is 0.0829 e. The molecule has 0 N–H and O–H groups in total. The van der Waals surface area contributed by atoms with E-state index in [1.165, 1.54) is 0 Å². The highest BCUT2D eigenvalue weighted by Crippen LogP contribution is 1.65. The normalized spacial score (nSPS) is 8.17. The summed E-state index contributed by atoms with van der Waals surface area (Å²) in [6, 6.07) is 0. The van der Waals surface area contributed by atoms with Gasteiger partial charge in [-0.15, -0.1) is 0 Å². The third-order valence-electron chi connectivity index (χ3n) is 0.365. The third kappa shape index (κ3) is 4.05. The highest BCUT2D eigenvalue weighted by molar-refractivity contribution is 7.79. The smallest absolute Gasteiger partial charge is 0.0829 e. The number of rotatable bonds is 3. The van der Waals surface area contributed by atoms with E-state index >= 15 is 0 Å². The summed E-state index contributed by atoms with van der Waals surface area (Å²) in [5.41, 5.74) is 0. The van der Waals surface area contributed by atoms with Gasteiger partial charge in [-0.1, -0.05) is 12.2 Å². The minimum atomic E-state index is 0.478. The first kappa shape index (κ1) is 6.05. The lowest BCUT2D eigenvalue weighted by Crippen LogP contribution is -1.90. The predicted molar refractivity (Wildman–Crippen MR) is 29.1 cm³/mol. The van der Waals surface area contributed by atoms with Gasteiger partial charge in [0.05, 0.1) is 12.0 Å². The van der Waals surface area contributed by atoms with Gasteiger partial charge in [0.2, 0.25) is 0 Å². The number of hydrogen-bond donors (Lipinski definition) is 0. The van der Waals surface area contributed by atoms with Gasteiger partial charge in [0, 0.05) is 6.61 Å². The molecule has 0 aromatic carbocycles. The molecule has 0 unspecified atom stereocenters. The predicted octanol–water partition coefficient (Wildman–Crippen LogP) is 0.900. The van der Waals surface area contributed by atoms with E-state index in [-0.39, 0.29) is 0 Å². The molecule has 1 radical (unpaired) electrons. The van der Waals surface area contributed by atoms with Crippen molar-refractivity contribution in [1.29, 1.82) is 0 Å². The second-order valence-electron chi connectivity index (χ2n) is 0.781. The van der Waals surface area contributed by atoms with E-state index in [2.05, 4.69) is 17.6 Å². The first-order valence-corrected chi connectivity index (χ1v) is 2.25. The molecule has 0 aromatic heterocycles. The van der Waals surface area contributed by atoms with Crippen molar-refractivity contribution >= 4 is 17.6 Å². The lowest BCUT2D eigenvalue weighted by Gasteiger charge is -1.86. The van der Waals surface area contributed by atoms with E-state index in [0.717, 1.165) is 6.61 Å². The quantitative estimate of drug-likeness (QED) is 0.387. The summed E-state index contributed by atoms with van der Waals surface area (Å²) in [5, 5.41) is 2.43. The van der Waals surface area contributed by atoms with Gasteiger partial charge >= 0.3 is 0 Å². The van der Waals surface area contributed by atoms with Crippen LogP contribution in [0.25, 0.3) is 0 Å². The van der Waals surface area contributed by atoms with Gasteiger partial charge < -0.3 is 4.74 Å². The van der Waals surface area contributed by atoms with Crippen LogP contribution in [0.1, 0.15) is 6.92 Å². The van der Waals surface area contributed by atoms with Crippen LogP contribution in [-0.4, -0.2) is 18.6 Å². The fourth-order valence-electron chi connectivity index (χ4n) is 0.144. The van der Waals surface area contributed by atoms with Crippen molar-refractivity contribution < 1.29 is 4.74 Å². The van der Waals surface area contributed by atoms with Gasteiger partial charge in [0.15, 0.2) is 0 Å². The van der Waals surface area contributed by atoms with E-state index in [1.54, 1.807) is 0 Å². The molecular weight excluding hydrogens is 96.1 g/mol. The molecule has 0 atom stereocenters. The van der Waals surface area contributed by atoms with E-state index in [1.807, 2.05) is 6.92 Å². The second kappa shape index (κ2) is 5.05. The van der Waals surface area contributed by atoms with Crippen molar-refractivity contribution in [3.63, 3.8) is 0 Å². The SMILES string of the molecule is CCOC[C]=S. The molecular formula is C4H7OS. The summed E-state index contributed by atoms with van der Waals surface area (Å²) in [6.45, 7) is 3.13. The van der Waals surface area contributed by atoms with Crippen LogP contribution in [0.15, 0.2) is 0 Å². The van der Waals surface area contributed by atoms with Crippen LogP contribution in [0.3, 0.4) is 0 Å². The minimum absolute atomic E-state index is 0.478. The fourth-order valence-corrected chi connectivity index (χ4v) is 0.227. The Morgan fingerprint density at radius 2 is 2.50 bits per heavy atom. The Balaban J connectivity index is 2.49. The zero-order valence-corrected chi connectivity index (χ0v) is 4.55. The minimum Gasteiger partial charge on any atom is -0.376 e. The maximum absolute atomic E-state index is 4.77. The molecule has 0 saturated carbocycles. The Morgan fingerprint density at radius 3 is 2.67 bits per heavy atom. The largest absolute Gasteiger partial charge is 0.376 e. The van der Waals surface area contributed by atoms with Crippen molar-refractivity contribution in [1.82, 2.24) is 0 Å². The van der Waals surface area contributed by atoms with Gasteiger partial charge in [-0.05, 0) is 6.92 Å². The van der Waals surface area contributed by atoms with Crippen LogP contribution >= 0.6 is 12.2 Å². The maximum atomic E-state index is 4.77. The Hall–Kier alpha value is 0.0500. The van der Waals surface area contributed by atoms with E-state index in [0.29, 0.717) is 6.61 Å². The highest BCUT2D eigenvalue weighted by atomic mass is 32.1. The summed E-state index contributed by atoms with van der Waals surface area (Å²) >= 11 is 4.34. The van der Waals surface area contributed by atoms with Gasteiger partial charge in [-0.3, -0.25) is 0 Å². The summed E-state index contributed by atoms with van der Waals surface area (Å²) in [4.78, 5) is 0. The second-order valence-corrected chi connectivity index (χ2v) is 1.07. The van der Waals surface area contributed by atoms with Gasteiger partial charge in [0.25, 0.3) is 0 Å². The molecule has 0 heterocycles. The summed E-state index contributed by atoms with van der Waals surface area (Å²) in [6.07, 6.45) is 0. The summed E-state index contributed by atoms with van der Waals surface area (Å²) < 4.78 is 4.77. The van der Waals surface area contributed by atoms with Crippen LogP contribution in [0, 0.1) is 0 Å². The van der Waals surface area contributed by atoms with Gasteiger partial charge in [-0.2, -0.15) is 0 Å². The standard InChI is InChI=1S/C4H7OS/c1-2-5-3-4-6/h2-3H2,1H3. The highest BCUT2D eigenvalue weighted by Gasteiger charge is 1.70. The van der Waals surface area contributed by atoms with Crippen molar-refractivity contribution in [2.45, 2.75) is 6.92 Å². The fraction of sp³-hybridized carbons (Fsp3) is 0.750. The van der Waals surface area contributed by atoms with Crippen LogP contribution in [0.4, 0.5) is 0 Å². The number of thiocarbonyl (C=S) groups is 1. The zero-order chi connectivity index (χ0) is 4.83. The van der Waals surface area contributed by atoms with Crippen LogP contribution < -0.4 is 0 Å². The van der Waals surface area contributed by atoms with Crippen LogP contribution in [0.2, 0.25) is 0 Å². The van der Waals surface area contributed by atoms with Crippen molar-refractivity contribution in [3.8, 4) is 0 Å².